The molecule has 198 valence electrons. The molecule has 36 heavy (non-hydrogen) atoms. The predicted molar refractivity (Wildman–Crippen MR) is 144 cm³/mol. The van der Waals surface area contributed by atoms with E-state index in [1.807, 2.05) is 51.1 Å². The number of nitrogens with one attached hydrogen (secondary N) is 1. The van der Waals surface area contributed by atoms with E-state index in [2.05, 4.69) is 5.32 Å². The van der Waals surface area contributed by atoms with Crippen molar-refractivity contribution in [3.05, 3.63) is 60.2 Å². The number of anilines is 1. The van der Waals surface area contributed by atoms with Gasteiger partial charge in [-0.3, -0.25) is 4.79 Å². The van der Waals surface area contributed by atoms with Crippen molar-refractivity contribution < 1.29 is 18.3 Å². The number of sulfonamides is 1. The van der Waals surface area contributed by atoms with E-state index in [4.69, 9.17) is 5.73 Å². The molecule has 0 saturated heterocycles. The van der Waals surface area contributed by atoms with Crippen LogP contribution < -0.4 is 11.1 Å². The van der Waals surface area contributed by atoms with Crippen molar-refractivity contribution in [1.82, 2.24) is 9.62 Å². The van der Waals surface area contributed by atoms with Gasteiger partial charge in [-0.1, -0.05) is 63.9 Å². The molecule has 3 rings (SSSR count). The molecule has 0 bridgehead atoms. The molecular formula is C28H41N3O4S. The van der Waals surface area contributed by atoms with Crippen LogP contribution in [-0.2, 0) is 21.2 Å². The lowest BCUT2D eigenvalue weighted by molar-refractivity contribution is -0.132. The molecule has 0 aliphatic heterocycles. The summed E-state index contributed by atoms with van der Waals surface area (Å²) in [6.45, 7) is 6.03. The van der Waals surface area contributed by atoms with Crippen LogP contribution in [-0.4, -0.2) is 49.0 Å². The Bertz CT molecular complexity index is 1080. The SMILES string of the molecule is CCC1(C(=O)N[C@@H](Cc2ccccc2)[C@H](O)CN(CC(C)C)S(=O)(=O)c2ccc(N)cc2)CCCC1. The van der Waals surface area contributed by atoms with Gasteiger partial charge in [-0.25, -0.2) is 8.42 Å². The van der Waals surface area contributed by atoms with Crippen LogP contribution in [0.1, 0.15) is 58.4 Å². The van der Waals surface area contributed by atoms with E-state index in [1.54, 1.807) is 12.1 Å². The molecule has 0 aromatic heterocycles. The minimum absolute atomic E-state index is 0.0423. The molecule has 1 fully saturated rings. The number of rotatable bonds is 12. The van der Waals surface area contributed by atoms with E-state index < -0.39 is 27.6 Å². The molecule has 0 spiro atoms. The Hall–Kier alpha value is -2.42. The largest absolute Gasteiger partial charge is 0.399 e. The van der Waals surface area contributed by atoms with Gasteiger partial charge in [0.1, 0.15) is 0 Å². The van der Waals surface area contributed by atoms with Crippen LogP contribution in [0.4, 0.5) is 5.69 Å². The number of hydrogen-bond donors (Lipinski definition) is 3. The van der Waals surface area contributed by atoms with Gasteiger partial charge in [0, 0.05) is 24.2 Å². The minimum atomic E-state index is -3.87. The Balaban J connectivity index is 1.87. The van der Waals surface area contributed by atoms with E-state index in [9.17, 15) is 18.3 Å². The molecule has 1 aliphatic carbocycles. The first-order valence-electron chi connectivity index (χ1n) is 13.0. The fourth-order valence-corrected chi connectivity index (χ4v) is 6.69. The minimum Gasteiger partial charge on any atom is -0.399 e. The molecule has 1 amide bonds. The number of benzene rings is 2. The van der Waals surface area contributed by atoms with E-state index in [1.165, 1.54) is 16.4 Å². The van der Waals surface area contributed by atoms with E-state index in [0.717, 1.165) is 37.7 Å². The summed E-state index contributed by atoms with van der Waals surface area (Å²) < 4.78 is 28.3. The number of nitrogen functional groups attached to an aromatic ring is 1. The Kier molecular flexibility index (Phi) is 9.55. The molecule has 1 aliphatic rings. The number of amides is 1. The molecule has 2 aromatic carbocycles. The molecular weight excluding hydrogens is 474 g/mol. The van der Waals surface area contributed by atoms with Gasteiger partial charge in [0.05, 0.1) is 17.0 Å². The Morgan fingerprint density at radius 1 is 1.06 bits per heavy atom. The van der Waals surface area contributed by atoms with Crippen LogP contribution in [0.5, 0.6) is 0 Å². The van der Waals surface area contributed by atoms with Gasteiger partial charge in [-0.15, -0.1) is 0 Å². The molecule has 4 N–H and O–H groups in total. The van der Waals surface area contributed by atoms with Crippen molar-refractivity contribution in [3.63, 3.8) is 0 Å². The van der Waals surface area contributed by atoms with Crippen LogP contribution in [0, 0.1) is 11.3 Å². The highest BCUT2D eigenvalue weighted by Crippen LogP contribution is 2.41. The highest BCUT2D eigenvalue weighted by molar-refractivity contribution is 7.89. The zero-order chi connectivity index (χ0) is 26.3. The lowest BCUT2D eigenvalue weighted by atomic mass is 9.82. The summed E-state index contributed by atoms with van der Waals surface area (Å²) in [7, 11) is -3.87. The van der Waals surface area contributed by atoms with Crippen molar-refractivity contribution in [1.29, 1.82) is 0 Å². The van der Waals surface area contributed by atoms with Crippen molar-refractivity contribution in [2.24, 2.45) is 11.3 Å². The maximum atomic E-state index is 13.5. The summed E-state index contributed by atoms with van der Waals surface area (Å²) in [5.74, 6) is 0.00375. The van der Waals surface area contributed by atoms with Gasteiger partial charge >= 0.3 is 0 Å². The highest BCUT2D eigenvalue weighted by atomic mass is 32.2. The topological polar surface area (TPSA) is 113 Å². The quantitative estimate of drug-likeness (QED) is 0.370. The second-order valence-corrected chi connectivity index (χ2v) is 12.4. The average molecular weight is 516 g/mol. The van der Waals surface area contributed by atoms with E-state index in [0.29, 0.717) is 12.1 Å². The first-order chi connectivity index (χ1) is 17.1. The van der Waals surface area contributed by atoms with Crippen LogP contribution in [0.25, 0.3) is 0 Å². The third kappa shape index (κ3) is 6.87. The Morgan fingerprint density at radius 3 is 2.22 bits per heavy atom. The maximum Gasteiger partial charge on any atom is 0.243 e. The number of carbonyl (C=O) groups is 1. The molecule has 0 heterocycles. The number of carbonyl (C=O) groups excluding carboxylic acids is 1. The predicted octanol–water partition coefficient (Wildman–Crippen LogP) is 3.97. The molecule has 0 radical (unpaired) electrons. The van der Waals surface area contributed by atoms with Crippen LogP contribution in [0.2, 0.25) is 0 Å². The number of hydrogen-bond acceptors (Lipinski definition) is 5. The Labute approximate surface area is 216 Å². The maximum absolute atomic E-state index is 13.5. The summed E-state index contributed by atoms with van der Waals surface area (Å²) in [6.07, 6.45) is 3.79. The number of nitrogens with two attached hydrogens (primary N) is 1. The molecule has 0 unspecified atom stereocenters. The van der Waals surface area contributed by atoms with E-state index in [-0.39, 0.29) is 29.8 Å². The average Bonchev–Trinajstić information content (AvgIpc) is 3.34. The summed E-state index contributed by atoms with van der Waals surface area (Å²) in [5, 5.41) is 14.5. The number of nitrogens with zero attached hydrogens (tertiary/aromatic N) is 1. The van der Waals surface area contributed by atoms with Crippen LogP contribution in [0.3, 0.4) is 0 Å². The molecule has 2 atom stereocenters. The lowest BCUT2D eigenvalue weighted by Gasteiger charge is -2.34. The van der Waals surface area contributed by atoms with Gasteiger partial charge in [0.25, 0.3) is 0 Å². The number of aliphatic hydroxyl groups excluding tert-OH is 1. The fraction of sp³-hybridized carbons (Fsp3) is 0.536. The highest BCUT2D eigenvalue weighted by Gasteiger charge is 2.41. The molecule has 8 heteroatoms. The van der Waals surface area contributed by atoms with Crippen LogP contribution in [0.15, 0.2) is 59.5 Å². The third-order valence-electron chi connectivity index (χ3n) is 7.28. The molecule has 2 aromatic rings. The smallest absolute Gasteiger partial charge is 0.243 e. The summed E-state index contributed by atoms with van der Waals surface area (Å²) >= 11 is 0. The second-order valence-electron chi connectivity index (χ2n) is 10.5. The van der Waals surface area contributed by atoms with Crippen molar-refractivity contribution in [2.75, 3.05) is 18.8 Å². The standard InChI is InChI=1S/C28H41N3O4S/c1-4-28(16-8-9-17-28)27(33)30-25(18-22-10-6-5-7-11-22)26(32)20-31(19-21(2)3)36(34,35)24-14-12-23(29)13-15-24/h5-7,10-15,21,25-26,32H,4,8-9,16-20,29H2,1-3H3,(H,30,33)/t25-,26+/m0/s1. The summed E-state index contributed by atoms with van der Waals surface area (Å²) in [6, 6.07) is 15.1. The second kappa shape index (κ2) is 12.2. The number of aliphatic hydroxyl groups is 1. The van der Waals surface area contributed by atoms with Gasteiger partial charge in [-0.2, -0.15) is 4.31 Å². The van der Waals surface area contributed by atoms with Gasteiger partial charge in [0.15, 0.2) is 0 Å². The first-order valence-corrected chi connectivity index (χ1v) is 14.4. The zero-order valence-electron chi connectivity index (χ0n) is 21.7. The zero-order valence-corrected chi connectivity index (χ0v) is 22.5. The van der Waals surface area contributed by atoms with Crippen LogP contribution >= 0.6 is 0 Å². The Morgan fingerprint density at radius 2 is 1.67 bits per heavy atom. The molecule has 7 nitrogen and oxygen atoms in total. The van der Waals surface area contributed by atoms with Gasteiger partial charge < -0.3 is 16.2 Å². The summed E-state index contributed by atoms with van der Waals surface area (Å²) in [5.41, 5.74) is 6.78. The fourth-order valence-electron chi connectivity index (χ4n) is 5.07. The molecule has 1 saturated carbocycles. The van der Waals surface area contributed by atoms with E-state index >= 15 is 0 Å². The third-order valence-corrected chi connectivity index (χ3v) is 9.12. The van der Waals surface area contributed by atoms with Gasteiger partial charge in [0.2, 0.25) is 15.9 Å². The lowest BCUT2D eigenvalue weighted by Crippen LogP contribution is -2.53. The van der Waals surface area contributed by atoms with Crippen molar-refractivity contribution in [2.45, 2.75) is 76.3 Å². The van der Waals surface area contributed by atoms with Crippen molar-refractivity contribution in [3.8, 4) is 0 Å². The normalized spacial score (nSPS) is 17.3. The monoisotopic (exact) mass is 515 g/mol. The van der Waals surface area contributed by atoms with Crippen molar-refractivity contribution >= 4 is 21.6 Å². The first kappa shape index (κ1) is 28.2. The summed E-state index contributed by atoms with van der Waals surface area (Å²) in [4.78, 5) is 13.6. The van der Waals surface area contributed by atoms with Gasteiger partial charge in [-0.05, 0) is 61.4 Å².